The molecule has 0 aliphatic rings. The third-order valence-electron chi connectivity index (χ3n) is 3.67. The number of rotatable bonds is 6. The third kappa shape index (κ3) is 3.12. The van der Waals surface area contributed by atoms with Gasteiger partial charge in [0.2, 0.25) is 0 Å². The molecule has 0 radical (unpaired) electrons. The van der Waals surface area contributed by atoms with E-state index < -0.39 is 0 Å². The van der Waals surface area contributed by atoms with Gasteiger partial charge in [-0.15, -0.1) is 11.3 Å². The summed E-state index contributed by atoms with van der Waals surface area (Å²) in [7, 11) is 0. The van der Waals surface area contributed by atoms with Crippen molar-refractivity contribution in [2.75, 3.05) is 6.54 Å². The molecule has 1 aromatic heterocycles. The molecule has 0 saturated carbocycles. The summed E-state index contributed by atoms with van der Waals surface area (Å²) in [6.45, 7) is 7.99. The molecular formula is C16H23NS. The molecule has 1 heterocycles. The Labute approximate surface area is 114 Å². The highest BCUT2D eigenvalue weighted by Crippen LogP contribution is 2.28. The Kier molecular flexibility index (Phi) is 4.79. The van der Waals surface area contributed by atoms with Gasteiger partial charge in [-0.2, -0.15) is 0 Å². The fraction of sp³-hybridized carbons (Fsp3) is 0.500. The first-order valence-corrected chi connectivity index (χ1v) is 7.78. The molecule has 1 aromatic carbocycles. The van der Waals surface area contributed by atoms with E-state index in [2.05, 4.69) is 55.7 Å². The number of hydrogen-bond donors (Lipinski definition) is 1. The molecule has 2 aromatic rings. The van der Waals surface area contributed by atoms with Gasteiger partial charge in [0, 0.05) is 10.7 Å². The Balaban J connectivity index is 2.04. The van der Waals surface area contributed by atoms with Crippen LogP contribution in [0.2, 0.25) is 0 Å². The molecule has 1 nitrogen and oxygen atoms in total. The summed E-state index contributed by atoms with van der Waals surface area (Å²) < 4.78 is 1.41. The van der Waals surface area contributed by atoms with Crippen LogP contribution in [-0.2, 0) is 6.42 Å². The molecule has 0 amide bonds. The first kappa shape index (κ1) is 13.6. The summed E-state index contributed by atoms with van der Waals surface area (Å²) in [5, 5.41) is 7.36. The van der Waals surface area contributed by atoms with Crippen molar-refractivity contribution in [1.82, 2.24) is 5.32 Å². The zero-order valence-electron chi connectivity index (χ0n) is 11.6. The summed E-state index contributed by atoms with van der Waals surface area (Å²) in [5.41, 5.74) is 1.51. The van der Waals surface area contributed by atoms with Crippen molar-refractivity contribution in [2.24, 2.45) is 5.92 Å². The van der Waals surface area contributed by atoms with E-state index in [4.69, 9.17) is 0 Å². The van der Waals surface area contributed by atoms with Gasteiger partial charge in [-0.1, -0.05) is 32.0 Å². The molecule has 0 aliphatic heterocycles. The van der Waals surface area contributed by atoms with E-state index in [9.17, 15) is 0 Å². The van der Waals surface area contributed by atoms with Crippen LogP contribution in [0.4, 0.5) is 0 Å². The monoisotopic (exact) mass is 261 g/mol. The Morgan fingerprint density at radius 2 is 2.00 bits per heavy atom. The van der Waals surface area contributed by atoms with Crippen LogP contribution < -0.4 is 5.32 Å². The minimum Gasteiger partial charge on any atom is -0.314 e. The lowest BCUT2D eigenvalue weighted by Gasteiger charge is -2.21. The molecular weight excluding hydrogens is 238 g/mol. The molecule has 2 heteroatoms. The molecule has 18 heavy (non-hydrogen) atoms. The summed E-state index contributed by atoms with van der Waals surface area (Å²) in [4.78, 5) is 0. The molecule has 2 unspecified atom stereocenters. The number of nitrogens with one attached hydrogen (secondary N) is 1. The van der Waals surface area contributed by atoms with Crippen molar-refractivity contribution in [3.8, 4) is 0 Å². The van der Waals surface area contributed by atoms with Crippen LogP contribution in [0.25, 0.3) is 10.1 Å². The summed E-state index contributed by atoms with van der Waals surface area (Å²) in [6.07, 6.45) is 2.38. The lowest BCUT2D eigenvalue weighted by atomic mass is 9.94. The Morgan fingerprint density at radius 3 is 2.78 bits per heavy atom. The van der Waals surface area contributed by atoms with Gasteiger partial charge in [0.1, 0.15) is 0 Å². The predicted molar refractivity (Wildman–Crippen MR) is 82.4 cm³/mol. The first-order valence-electron chi connectivity index (χ1n) is 6.91. The minimum absolute atomic E-state index is 0.587. The van der Waals surface area contributed by atoms with Crippen molar-refractivity contribution >= 4 is 21.4 Å². The fourth-order valence-electron chi connectivity index (χ4n) is 2.29. The van der Waals surface area contributed by atoms with Crippen molar-refractivity contribution < 1.29 is 0 Å². The minimum atomic E-state index is 0.587. The van der Waals surface area contributed by atoms with Crippen LogP contribution in [0.5, 0.6) is 0 Å². The van der Waals surface area contributed by atoms with Crippen LogP contribution in [-0.4, -0.2) is 12.6 Å². The van der Waals surface area contributed by atoms with Crippen LogP contribution in [0.1, 0.15) is 32.8 Å². The van der Waals surface area contributed by atoms with Crippen molar-refractivity contribution in [3.63, 3.8) is 0 Å². The zero-order valence-corrected chi connectivity index (χ0v) is 12.4. The van der Waals surface area contributed by atoms with E-state index in [1.165, 1.54) is 28.5 Å². The molecule has 1 N–H and O–H groups in total. The Morgan fingerprint density at radius 1 is 1.22 bits per heavy atom. The van der Waals surface area contributed by atoms with E-state index >= 15 is 0 Å². The fourth-order valence-corrected chi connectivity index (χ4v) is 3.26. The third-order valence-corrected chi connectivity index (χ3v) is 4.69. The van der Waals surface area contributed by atoms with Gasteiger partial charge in [0.15, 0.2) is 0 Å². The van der Waals surface area contributed by atoms with Gasteiger partial charge in [-0.25, -0.2) is 0 Å². The topological polar surface area (TPSA) is 12.0 Å². The van der Waals surface area contributed by atoms with Gasteiger partial charge in [0.25, 0.3) is 0 Å². The van der Waals surface area contributed by atoms with Crippen molar-refractivity contribution in [2.45, 2.75) is 39.7 Å². The van der Waals surface area contributed by atoms with Gasteiger partial charge < -0.3 is 5.32 Å². The summed E-state index contributed by atoms with van der Waals surface area (Å²) in [6, 6.07) is 9.31. The quantitative estimate of drug-likeness (QED) is 0.809. The zero-order chi connectivity index (χ0) is 13.0. The summed E-state index contributed by atoms with van der Waals surface area (Å²) in [5.74, 6) is 0.676. The number of fused-ring (bicyclic) bond motifs is 1. The normalized spacial score (nSPS) is 14.8. The lowest BCUT2D eigenvalue weighted by Crippen LogP contribution is -2.33. The highest BCUT2D eigenvalue weighted by Gasteiger charge is 2.14. The van der Waals surface area contributed by atoms with Gasteiger partial charge in [-0.05, 0) is 54.6 Å². The highest BCUT2D eigenvalue weighted by atomic mass is 32.1. The van der Waals surface area contributed by atoms with E-state index in [-0.39, 0.29) is 0 Å². The molecule has 2 atom stereocenters. The Bertz CT molecular complexity index is 489. The molecule has 0 aliphatic carbocycles. The van der Waals surface area contributed by atoms with E-state index in [0.717, 1.165) is 6.54 Å². The second-order valence-corrected chi connectivity index (χ2v) is 6.09. The van der Waals surface area contributed by atoms with Gasteiger partial charge in [0.05, 0.1) is 0 Å². The number of hydrogen-bond acceptors (Lipinski definition) is 2. The Hall–Kier alpha value is -0.860. The number of benzene rings is 1. The maximum absolute atomic E-state index is 3.60. The standard InChI is InChI=1S/C16H23NS/c1-4-9-17-13(3)12(2)10-14-11-18-16-8-6-5-7-15(14)16/h5-8,11-13,17H,4,9-10H2,1-3H3. The van der Waals surface area contributed by atoms with E-state index in [1.807, 2.05) is 11.3 Å². The SMILES string of the molecule is CCCNC(C)C(C)Cc1csc2ccccc12. The molecule has 98 valence electrons. The van der Waals surface area contributed by atoms with Crippen molar-refractivity contribution in [3.05, 3.63) is 35.2 Å². The second-order valence-electron chi connectivity index (χ2n) is 5.18. The highest BCUT2D eigenvalue weighted by molar-refractivity contribution is 7.17. The maximum atomic E-state index is 3.60. The van der Waals surface area contributed by atoms with Crippen LogP contribution >= 0.6 is 11.3 Å². The molecule has 0 bridgehead atoms. The van der Waals surface area contributed by atoms with Gasteiger partial charge in [-0.3, -0.25) is 0 Å². The predicted octanol–water partition coefficient (Wildman–Crippen LogP) is 4.47. The maximum Gasteiger partial charge on any atom is 0.0345 e. The average Bonchev–Trinajstić information content (AvgIpc) is 2.79. The smallest absolute Gasteiger partial charge is 0.0345 e. The second kappa shape index (κ2) is 6.35. The molecule has 0 fully saturated rings. The number of thiophene rings is 1. The largest absolute Gasteiger partial charge is 0.314 e. The van der Waals surface area contributed by atoms with Crippen LogP contribution in [0.3, 0.4) is 0 Å². The lowest BCUT2D eigenvalue weighted by molar-refractivity contribution is 0.400. The summed E-state index contributed by atoms with van der Waals surface area (Å²) >= 11 is 1.87. The average molecular weight is 261 g/mol. The van der Waals surface area contributed by atoms with E-state index in [0.29, 0.717) is 12.0 Å². The first-order chi connectivity index (χ1) is 8.72. The van der Waals surface area contributed by atoms with Crippen molar-refractivity contribution in [1.29, 1.82) is 0 Å². The molecule has 0 spiro atoms. The van der Waals surface area contributed by atoms with E-state index in [1.54, 1.807) is 0 Å². The van der Waals surface area contributed by atoms with Crippen LogP contribution in [0, 0.1) is 5.92 Å². The molecule has 0 saturated heterocycles. The molecule has 2 rings (SSSR count). The van der Waals surface area contributed by atoms with Gasteiger partial charge >= 0.3 is 0 Å². The van der Waals surface area contributed by atoms with Crippen LogP contribution in [0.15, 0.2) is 29.6 Å².